The van der Waals surface area contributed by atoms with Gasteiger partial charge >= 0.3 is 0 Å². The van der Waals surface area contributed by atoms with Crippen molar-refractivity contribution in [2.24, 2.45) is 5.41 Å². The summed E-state index contributed by atoms with van der Waals surface area (Å²) in [5, 5.41) is 3.73. The van der Waals surface area contributed by atoms with Crippen LogP contribution in [0.5, 0.6) is 0 Å². The highest BCUT2D eigenvalue weighted by molar-refractivity contribution is 5.02. The van der Waals surface area contributed by atoms with Crippen LogP contribution in [0.1, 0.15) is 52.9 Å². The smallest absolute Gasteiger partial charge is 0.0274 e. The largest absolute Gasteiger partial charge is 0.312 e. The van der Waals surface area contributed by atoms with Gasteiger partial charge in [0.1, 0.15) is 0 Å². The lowest BCUT2D eigenvalue weighted by Gasteiger charge is -2.43. The zero-order chi connectivity index (χ0) is 11.8. The molecule has 2 rings (SSSR count). The minimum absolute atomic E-state index is 0.471. The first kappa shape index (κ1) is 12.4. The molecule has 1 N–H and O–H groups in total. The number of nitrogens with zero attached hydrogens (tertiary/aromatic N) is 1. The SMILES string of the molecule is CCNC1C(N(C)C2CCC2)CCC1(C)C. The van der Waals surface area contributed by atoms with E-state index in [1.165, 1.54) is 32.1 Å². The first-order chi connectivity index (χ1) is 7.56. The molecule has 0 heterocycles. The topological polar surface area (TPSA) is 15.3 Å². The second-order valence-electron chi connectivity index (χ2n) is 6.38. The van der Waals surface area contributed by atoms with Gasteiger partial charge in [0.2, 0.25) is 0 Å². The van der Waals surface area contributed by atoms with Crippen LogP contribution in [0.2, 0.25) is 0 Å². The van der Waals surface area contributed by atoms with E-state index in [1.807, 2.05) is 0 Å². The van der Waals surface area contributed by atoms with Crippen LogP contribution >= 0.6 is 0 Å². The molecule has 2 unspecified atom stereocenters. The molecule has 0 spiro atoms. The van der Waals surface area contributed by atoms with Crippen molar-refractivity contribution >= 4 is 0 Å². The molecule has 0 aromatic rings. The van der Waals surface area contributed by atoms with E-state index in [4.69, 9.17) is 0 Å². The first-order valence-electron chi connectivity index (χ1n) is 7.01. The molecule has 0 radical (unpaired) electrons. The molecular formula is C14H28N2. The van der Waals surface area contributed by atoms with Crippen molar-refractivity contribution in [3.05, 3.63) is 0 Å². The molecule has 0 bridgehead atoms. The van der Waals surface area contributed by atoms with Crippen LogP contribution in [0.4, 0.5) is 0 Å². The zero-order valence-electron chi connectivity index (χ0n) is 11.4. The van der Waals surface area contributed by atoms with E-state index in [0.29, 0.717) is 11.5 Å². The van der Waals surface area contributed by atoms with Crippen LogP contribution in [-0.2, 0) is 0 Å². The highest BCUT2D eigenvalue weighted by Crippen LogP contribution is 2.41. The van der Waals surface area contributed by atoms with Crippen LogP contribution in [-0.4, -0.2) is 36.6 Å². The Morgan fingerprint density at radius 1 is 1.25 bits per heavy atom. The standard InChI is InChI=1S/C14H28N2/c1-5-15-13-12(9-10-14(13,2)3)16(4)11-7-6-8-11/h11-13,15H,5-10H2,1-4H3. The molecule has 0 amide bonds. The predicted octanol–water partition coefficient (Wildman–Crippen LogP) is 2.64. The molecular weight excluding hydrogens is 196 g/mol. The summed E-state index contributed by atoms with van der Waals surface area (Å²) in [6.45, 7) is 8.18. The van der Waals surface area contributed by atoms with Crippen LogP contribution in [0, 0.1) is 5.41 Å². The van der Waals surface area contributed by atoms with Gasteiger partial charge in [0.05, 0.1) is 0 Å². The lowest BCUT2D eigenvalue weighted by Crippen LogP contribution is -2.54. The second-order valence-corrected chi connectivity index (χ2v) is 6.38. The summed E-state index contributed by atoms with van der Waals surface area (Å²) >= 11 is 0. The first-order valence-corrected chi connectivity index (χ1v) is 7.01. The number of rotatable bonds is 4. The maximum absolute atomic E-state index is 3.73. The molecule has 2 nitrogen and oxygen atoms in total. The molecule has 2 atom stereocenters. The van der Waals surface area contributed by atoms with E-state index < -0.39 is 0 Å². The van der Waals surface area contributed by atoms with Crippen LogP contribution < -0.4 is 5.32 Å². The molecule has 2 heteroatoms. The predicted molar refractivity (Wildman–Crippen MR) is 69.7 cm³/mol. The van der Waals surface area contributed by atoms with Crippen molar-refractivity contribution in [1.82, 2.24) is 10.2 Å². The van der Waals surface area contributed by atoms with Gasteiger partial charge in [-0.15, -0.1) is 0 Å². The van der Waals surface area contributed by atoms with Gasteiger partial charge in [-0.3, -0.25) is 4.90 Å². The maximum atomic E-state index is 3.73. The van der Waals surface area contributed by atoms with Gasteiger partial charge < -0.3 is 5.32 Å². The molecule has 2 aliphatic rings. The van der Waals surface area contributed by atoms with Crippen molar-refractivity contribution in [3.63, 3.8) is 0 Å². The summed E-state index contributed by atoms with van der Waals surface area (Å²) in [4.78, 5) is 2.67. The highest BCUT2D eigenvalue weighted by Gasteiger charge is 2.44. The fraction of sp³-hybridized carbons (Fsp3) is 1.00. The summed E-state index contributed by atoms with van der Waals surface area (Å²) < 4.78 is 0. The second kappa shape index (κ2) is 4.66. The summed E-state index contributed by atoms with van der Waals surface area (Å²) in [6, 6.07) is 2.32. The number of likely N-dealkylation sites (N-methyl/N-ethyl adjacent to an activating group) is 2. The average Bonchev–Trinajstić information content (AvgIpc) is 2.40. The molecule has 94 valence electrons. The Balaban J connectivity index is 2.02. The van der Waals surface area contributed by atoms with Gasteiger partial charge in [0.15, 0.2) is 0 Å². The van der Waals surface area contributed by atoms with Crippen molar-refractivity contribution < 1.29 is 0 Å². The van der Waals surface area contributed by atoms with E-state index in [1.54, 1.807) is 0 Å². The van der Waals surface area contributed by atoms with Crippen molar-refractivity contribution in [2.75, 3.05) is 13.6 Å². The quantitative estimate of drug-likeness (QED) is 0.790. The third-order valence-corrected chi connectivity index (χ3v) is 4.91. The van der Waals surface area contributed by atoms with Gasteiger partial charge in [0, 0.05) is 18.1 Å². The number of hydrogen-bond acceptors (Lipinski definition) is 2. The molecule has 0 aromatic carbocycles. The molecule has 0 saturated heterocycles. The van der Waals surface area contributed by atoms with Crippen LogP contribution in [0.3, 0.4) is 0 Å². The Hall–Kier alpha value is -0.0800. The van der Waals surface area contributed by atoms with E-state index >= 15 is 0 Å². The minimum Gasteiger partial charge on any atom is -0.312 e. The summed E-state index contributed by atoms with van der Waals surface area (Å²) in [5.74, 6) is 0. The summed E-state index contributed by atoms with van der Waals surface area (Å²) in [5.41, 5.74) is 0.471. The molecule has 2 aliphatic carbocycles. The van der Waals surface area contributed by atoms with Gasteiger partial charge in [-0.25, -0.2) is 0 Å². The van der Waals surface area contributed by atoms with Crippen LogP contribution in [0.15, 0.2) is 0 Å². The van der Waals surface area contributed by atoms with Gasteiger partial charge in [0.25, 0.3) is 0 Å². The normalized spacial score (nSPS) is 34.3. The van der Waals surface area contributed by atoms with Gasteiger partial charge in [-0.1, -0.05) is 27.2 Å². The average molecular weight is 224 g/mol. The van der Waals surface area contributed by atoms with E-state index in [9.17, 15) is 0 Å². The monoisotopic (exact) mass is 224 g/mol. The zero-order valence-corrected chi connectivity index (χ0v) is 11.4. The van der Waals surface area contributed by atoms with Crippen molar-refractivity contribution in [2.45, 2.75) is 71.0 Å². The molecule has 0 aromatic heterocycles. The fourth-order valence-electron chi connectivity index (χ4n) is 3.50. The lowest BCUT2D eigenvalue weighted by molar-refractivity contribution is 0.0846. The number of nitrogens with one attached hydrogen (secondary N) is 1. The molecule has 2 saturated carbocycles. The summed E-state index contributed by atoms with van der Waals surface area (Å²) in [7, 11) is 2.35. The molecule has 16 heavy (non-hydrogen) atoms. The van der Waals surface area contributed by atoms with Gasteiger partial charge in [-0.2, -0.15) is 0 Å². The van der Waals surface area contributed by atoms with Crippen molar-refractivity contribution in [1.29, 1.82) is 0 Å². The Morgan fingerprint density at radius 2 is 1.94 bits per heavy atom. The minimum atomic E-state index is 0.471. The Kier molecular flexibility index (Phi) is 3.60. The van der Waals surface area contributed by atoms with Crippen molar-refractivity contribution in [3.8, 4) is 0 Å². The molecule has 2 fully saturated rings. The summed E-state index contributed by atoms with van der Waals surface area (Å²) in [6.07, 6.45) is 7.03. The van der Waals surface area contributed by atoms with E-state index in [2.05, 4.69) is 38.0 Å². The lowest BCUT2D eigenvalue weighted by atomic mass is 9.85. The molecule has 0 aliphatic heterocycles. The van der Waals surface area contributed by atoms with E-state index in [0.717, 1.165) is 18.6 Å². The highest BCUT2D eigenvalue weighted by atomic mass is 15.2. The maximum Gasteiger partial charge on any atom is 0.0274 e. The Labute approximate surface area is 101 Å². The third kappa shape index (κ3) is 2.14. The van der Waals surface area contributed by atoms with Crippen LogP contribution in [0.25, 0.3) is 0 Å². The fourth-order valence-corrected chi connectivity index (χ4v) is 3.50. The van der Waals surface area contributed by atoms with Gasteiger partial charge in [-0.05, 0) is 44.7 Å². The Morgan fingerprint density at radius 3 is 2.44 bits per heavy atom. The Bertz CT molecular complexity index is 233. The number of hydrogen-bond donors (Lipinski definition) is 1. The third-order valence-electron chi connectivity index (χ3n) is 4.91. The van der Waals surface area contributed by atoms with E-state index in [-0.39, 0.29) is 0 Å².